The van der Waals surface area contributed by atoms with Gasteiger partial charge in [0.05, 0.1) is 11.9 Å². The van der Waals surface area contributed by atoms with Crippen LogP contribution in [0.1, 0.15) is 42.9 Å². The summed E-state index contributed by atoms with van der Waals surface area (Å²) in [6, 6.07) is 23.3. The predicted octanol–water partition coefficient (Wildman–Crippen LogP) is 5.36. The molecule has 2 amide bonds. The Labute approximate surface area is 243 Å². The Kier molecular flexibility index (Phi) is 11.6. The molecule has 1 N–H and O–H groups in total. The minimum absolute atomic E-state index is 0.0811. The number of hydrogen-bond acceptors (Lipinski definition) is 4. The maximum atomic E-state index is 13.8. The fourth-order valence-electron chi connectivity index (χ4n) is 4.49. The number of aryl methyl sites for hydroxylation is 1. The summed E-state index contributed by atoms with van der Waals surface area (Å²) in [5.41, 5.74) is 3.29. The molecule has 0 aliphatic heterocycles. The van der Waals surface area contributed by atoms with Crippen molar-refractivity contribution < 1.29 is 18.0 Å². The molecule has 0 radical (unpaired) electrons. The largest absolute Gasteiger partial charge is 0.354 e. The van der Waals surface area contributed by atoms with Gasteiger partial charge >= 0.3 is 0 Å². The number of nitrogens with zero attached hydrogens (tertiary/aromatic N) is 2. The number of carbonyl (C=O) groups is 2. The molecule has 0 fully saturated rings. The van der Waals surface area contributed by atoms with Gasteiger partial charge < -0.3 is 10.2 Å². The molecule has 0 bridgehead atoms. The fourth-order valence-corrected chi connectivity index (χ4v) is 5.58. The van der Waals surface area contributed by atoms with Gasteiger partial charge in [-0.15, -0.1) is 0 Å². The molecule has 0 saturated heterocycles. The highest BCUT2D eigenvalue weighted by molar-refractivity contribution is 7.92. The topological polar surface area (TPSA) is 86.8 Å². The van der Waals surface area contributed by atoms with E-state index in [0.717, 1.165) is 29.4 Å². The molecule has 0 aromatic heterocycles. The van der Waals surface area contributed by atoms with Gasteiger partial charge in [-0.1, -0.05) is 73.1 Å². The van der Waals surface area contributed by atoms with Crippen LogP contribution in [-0.2, 0) is 32.6 Å². The highest BCUT2D eigenvalue weighted by Gasteiger charge is 2.30. The van der Waals surface area contributed by atoms with E-state index in [0.29, 0.717) is 30.1 Å². The first-order chi connectivity index (χ1) is 19.1. The van der Waals surface area contributed by atoms with Crippen molar-refractivity contribution in [2.75, 3.05) is 23.7 Å². The van der Waals surface area contributed by atoms with Crippen LogP contribution in [0.15, 0.2) is 78.9 Å². The van der Waals surface area contributed by atoms with Crippen LogP contribution in [0.5, 0.6) is 0 Å². The van der Waals surface area contributed by atoms with Gasteiger partial charge in [0, 0.05) is 37.5 Å². The summed E-state index contributed by atoms with van der Waals surface area (Å²) >= 11 is 6.09. The lowest BCUT2D eigenvalue weighted by Gasteiger charge is -2.32. The summed E-state index contributed by atoms with van der Waals surface area (Å²) in [5.74, 6) is -0.439. The van der Waals surface area contributed by atoms with E-state index in [9.17, 15) is 18.0 Å². The van der Waals surface area contributed by atoms with Crippen LogP contribution in [0.3, 0.4) is 0 Å². The van der Waals surface area contributed by atoms with E-state index >= 15 is 0 Å². The van der Waals surface area contributed by atoms with Crippen molar-refractivity contribution in [3.8, 4) is 0 Å². The molecule has 40 heavy (non-hydrogen) atoms. The van der Waals surface area contributed by atoms with Gasteiger partial charge in [0.1, 0.15) is 6.04 Å². The molecule has 0 spiro atoms. The van der Waals surface area contributed by atoms with Crippen molar-refractivity contribution in [2.24, 2.45) is 0 Å². The molecule has 1 atom stereocenters. The van der Waals surface area contributed by atoms with E-state index in [1.807, 2.05) is 74.5 Å². The minimum atomic E-state index is -3.55. The number of hydrogen-bond donors (Lipinski definition) is 1. The van der Waals surface area contributed by atoms with E-state index in [2.05, 4.69) is 5.32 Å². The van der Waals surface area contributed by atoms with Gasteiger partial charge in [0.25, 0.3) is 0 Å². The quantitative estimate of drug-likeness (QED) is 0.277. The van der Waals surface area contributed by atoms with Crippen molar-refractivity contribution >= 4 is 39.1 Å². The van der Waals surface area contributed by atoms with Crippen LogP contribution < -0.4 is 9.62 Å². The van der Waals surface area contributed by atoms with Crippen molar-refractivity contribution in [1.29, 1.82) is 0 Å². The first kappa shape index (κ1) is 31.2. The molecular weight excluding hydrogens is 546 g/mol. The molecule has 0 heterocycles. The Balaban J connectivity index is 1.86. The first-order valence-corrected chi connectivity index (χ1v) is 15.7. The van der Waals surface area contributed by atoms with Gasteiger partial charge in [-0.2, -0.15) is 0 Å². The Bertz CT molecular complexity index is 1360. The van der Waals surface area contributed by atoms with Crippen molar-refractivity contribution in [3.05, 3.63) is 101 Å². The summed E-state index contributed by atoms with van der Waals surface area (Å²) in [4.78, 5) is 28.8. The van der Waals surface area contributed by atoms with Crippen LogP contribution in [0.4, 0.5) is 5.69 Å². The van der Waals surface area contributed by atoms with Crippen molar-refractivity contribution in [1.82, 2.24) is 10.2 Å². The molecule has 3 rings (SSSR count). The third kappa shape index (κ3) is 9.38. The highest BCUT2D eigenvalue weighted by atomic mass is 35.5. The molecule has 9 heteroatoms. The zero-order chi connectivity index (χ0) is 29.1. The van der Waals surface area contributed by atoms with Gasteiger partial charge in [-0.05, 0) is 60.7 Å². The van der Waals surface area contributed by atoms with E-state index in [1.165, 1.54) is 4.31 Å². The van der Waals surface area contributed by atoms with Gasteiger partial charge in [-0.3, -0.25) is 13.9 Å². The number of anilines is 1. The predicted molar refractivity (Wildman–Crippen MR) is 162 cm³/mol. The Morgan fingerprint density at radius 1 is 0.950 bits per heavy atom. The van der Waals surface area contributed by atoms with E-state index in [4.69, 9.17) is 11.6 Å². The SMILES string of the molecule is CCCNC(=O)[C@H](Cc1ccccc1)N(Cc1ccc(Cl)cc1)C(=O)CCCN(c1cccc(C)c1)S(C)(=O)=O. The zero-order valence-corrected chi connectivity index (χ0v) is 24.9. The fraction of sp³-hybridized carbons (Fsp3) is 0.355. The van der Waals surface area contributed by atoms with Crippen LogP contribution in [-0.4, -0.2) is 50.5 Å². The molecule has 214 valence electrons. The molecule has 7 nitrogen and oxygen atoms in total. The molecule has 0 unspecified atom stereocenters. The molecule has 0 saturated carbocycles. The average Bonchev–Trinajstić information content (AvgIpc) is 2.92. The molecule has 3 aromatic carbocycles. The molecule has 0 aliphatic rings. The number of amides is 2. The zero-order valence-electron chi connectivity index (χ0n) is 23.3. The van der Waals surface area contributed by atoms with Gasteiger partial charge in [0.2, 0.25) is 21.8 Å². The third-order valence-corrected chi connectivity index (χ3v) is 7.97. The normalized spacial score (nSPS) is 12.0. The molecule has 0 aliphatic carbocycles. The summed E-state index contributed by atoms with van der Waals surface area (Å²) in [5, 5.41) is 3.55. The highest BCUT2D eigenvalue weighted by Crippen LogP contribution is 2.21. The lowest BCUT2D eigenvalue weighted by atomic mass is 10.0. The number of rotatable bonds is 14. The molecule has 3 aromatic rings. The third-order valence-electron chi connectivity index (χ3n) is 6.53. The van der Waals surface area contributed by atoms with E-state index < -0.39 is 16.1 Å². The van der Waals surface area contributed by atoms with E-state index in [1.54, 1.807) is 23.1 Å². The Morgan fingerprint density at radius 2 is 1.65 bits per heavy atom. The summed E-state index contributed by atoms with van der Waals surface area (Å²) in [6.07, 6.45) is 2.67. The van der Waals surface area contributed by atoms with Crippen LogP contribution in [0.25, 0.3) is 0 Å². The second kappa shape index (κ2) is 14.9. The van der Waals surface area contributed by atoms with Crippen molar-refractivity contribution in [3.63, 3.8) is 0 Å². The smallest absolute Gasteiger partial charge is 0.243 e. The average molecular weight is 584 g/mol. The Hall–Kier alpha value is -3.36. The maximum absolute atomic E-state index is 13.8. The van der Waals surface area contributed by atoms with Gasteiger partial charge in [-0.25, -0.2) is 8.42 Å². The lowest BCUT2D eigenvalue weighted by Crippen LogP contribution is -2.50. The standard InChI is InChI=1S/C31H38ClN3O4S/c1-4-19-33-31(37)29(22-25-11-6-5-7-12-25)34(23-26-15-17-27(32)18-16-26)30(36)14-9-20-35(40(3,38)39)28-13-8-10-24(2)21-28/h5-8,10-13,15-18,21,29H,4,9,14,19-20,22-23H2,1-3H3,(H,33,37)/t29-/m0/s1. The maximum Gasteiger partial charge on any atom is 0.243 e. The van der Waals surface area contributed by atoms with Crippen molar-refractivity contribution in [2.45, 2.75) is 52.1 Å². The Morgan fingerprint density at radius 3 is 2.27 bits per heavy atom. The number of benzene rings is 3. The van der Waals surface area contributed by atoms with Crippen LogP contribution in [0, 0.1) is 6.92 Å². The lowest BCUT2D eigenvalue weighted by molar-refractivity contribution is -0.141. The summed E-state index contributed by atoms with van der Waals surface area (Å²) < 4.78 is 26.5. The van der Waals surface area contributed by atoms with E-state index in [-0.39, 0.29) is 31.3 Å². The van der Waals surface area contributed by atoms with Crippen LogP contribution >= 0.6 is 11.6 Å². The second-order valence-electron chi connectivity index (χ2n) is 9.92. The minimum Gasteiger partial charge on any atom is -0.354 e. The molecular formula is C31H38ClN3O4S. The number of halogens is 1. The van der Waals surface area contributed by atoms with Gasteiger partial charge in [0.15, 0.2) is 0 Å². The monoisotopic (exact) mass is 583 g/mol. The number of carbonyl (C=O) groups excluding carboxylic acids is 2. The number of nitrogens with one attached hydrogen (secondary N) is 1. The second-order valence-corrected chi connectivity index (χ2v) is 12.3. The summed E-state index contributed by atoms with van der Waals surface area (Å²) in [7, 11) is -3.55. The van der Waals surface area contributed by atoms with Crippen LogP contribution in [0.2, 0.25) is 5.02 Å². The number of sulfonamides is 1. The first-order valence-electron chi connectivity index (χ1n) is 13.5. The summed E-state index contributed by atoms with van der Waals surface area (Å²) in [6.45, 7) is 4.76.